The van der Waals surface area contributed by atoms with Crippen molar-refractivity contribution >= 4 is 34.8 Å². The number of nitrogens with zero attached hydrogens (tertiary/aromatic N) is 5. The highest BCUT2D eigenvalue weighted by Crippen LogP contribution is 2.13. The minimum Gasteiger partial charge on any atom is -0.369 e. The first-order valence-electron chi connectivity index (χ1n) is 11.1. The Kier molecular flexibility index (Phi) is 6.92. The molecule has 1 aromatic carbocycles. The second kappa shape index (κ2) is 10.2. The molecule has 0 atom stereocenters. The summed E-state index contributed by atoms with van der Waals surface area (Å²) in [5.41, 5.74) is 1.85. The van der Waals surface area contributed by atoms with E-state index in [1.807, 2.05) is 17.0 Å². The molecule has 1 fully saturated rings. The Morgan fingerprint density at radius 1 is 1.09 bits per heavy atom. The Hall–Kier alpha value is -3.82. The van der Waals surface area contributed by atoms with Crippen LogP contribution in [-0.2, 0) is 16.0 Å². The molecule has 2 aromatic heterocycles. The highest BCUT2D eigenvalue weighted by Gasteiger charge is 2.19. The number of rotatable bonds is 10. The third kappa shape index (κ3) is 5.71. The van der Waals surface area contributed by atoms with Crippen LogP contribution in [0.3, 0.4) is 0 Å². The van der Waals surface area contributed by atoms with Crippen molar-refractivity contribution in [1.82, 2.24) is 24.7 Å². The summed E-state index contributed by atoms with van der Waals surface area (Å²) in [6.07, 6.45) is 3.05. The van der Waals surface area contributed by atoms with E-state index in [1.54, 1.807) is 28.8 Å². The molecule has 3 heterocycles. The second-order valence-corrected chi connectivity index (χ2v) is 8.05. The zero-order valence-electron chi connectivity index (χ0n) is 18.6. The zero-order chi connectivity index (χ0) is 23.2. The van der Waals surface area contributed by atoms with Crippen molar-refractivity contribution in [2.45, 2.75) is 39.0 Å². The lowest BCUT2D eigenvalue weighted by atomic mass is 10.1. The monoisotopic (exact) mass is 449 g/mol. The summed E-state index contributed by atoms with van der Waals surface area (Å²) < 4.78 is 1.64. The fraction of sp³-hybridized carbons (Fsp3) is 0.391. The van der Waals surface area contributed by atoms with E-state index in [-0.39, 0.29) is 24.0 Å². The third-order valence-electron chi connectivity index (χ3n) is 5.56. The number of fused-ring (bicyclic) bond motifs is 1. The summed E-state index contributed by atoms with van der Waals surface area (Å²) in [6, 6.07) is 10.5. The molecule has 10 heteroatoms. The largest absolute Gasteiger partial charge is 0.369 e. The number of carbonyl (C=O) groups excluding carboxylic acids is 3. The van der Waals surface area contributed by atoms with Gasteiger partial charge in [0.05, 0.1) is 0 Å². The number of amides is 2. The number of anilines is 2. The van der Waals surface area contributed by atoms with Crippen molar-refractivity contribution in [2.24, 2.45) is 0 Å². The van der Waals surface area contributed by atoms with Gasteiger partial charge in [0.1, 0.15) is 5.82 Å². The number of benzene rings is 1. The Morgan fingerprint density at radius 3 is 2.64 bits per heavy atom. The Labute approximate surface area is 191 Å². The van der Waals surface area contributed by atoms with Crippen molar-refractivity contribution in [2.75, 3.05) is 30.3 Å². The molecule has 10 nitrogen and oxygen atoms in total. The van der Waals surface area contributed by atoms with Crippen LogP contribution in [0.2, 0.25) is 0 Å². The molecule has 33 heavy (non-hydrogen) atoms. The molecule has 2 N–H and O–H groups in total. The van der Waals surface area contributed by atoms with Gasteiger partial charge in [0.15, 0.2) is 17.3 Å². The van der Waals surface area contributed by atoms with Gasteiger partial charge in [-0.25, -0.2) is 0 Å². The normalized spacial score (nSPS) is 13.5. The van der Waals surface area contributed by atoms with E-state index in [0.717, 1.165) is 25.9 Å². The Bertz CT molecular complexity index is 1160. The van der Waals surface area contributed by atoms with Crippen LogP contribution < -0.4 is 10.6 Å². The Balaban J connectivity index is 1.29. The van der Waals surface area contributed by atoms with Crippen LogP contribution >= 0.6 is 0 Å². The van der Waals surface area contributed by atoms with E-state index in [2.05, 4.69) is 25.9 Å². The molecule has 0 unspecified atom stereocenters. The van der Waals surface area contributed by atoms with Gasteiger partial charge in [-0.2, -0.15) is 4.52 Å². The van der Waals surface area contributed by atoms with E-state index < -0.39 is 0 Å². The highest BCUT2D eigenvalue weighted by molar-refractivity contribution is 5.95. The number of nitrogens with one attached hydrogen (secondary N) is 2. The zero-order valence-corrected chi connectivity index (χ0v) is 18.6. The predicted molar refractivity (Wildman–Crippen MR) is 123 cm³/mol. The minimum absolute atomic E-state index is 0.0189. The van der Waals surface area contributed by atoms with E-state index in [4.69, 9.17) is 0 Å². The topological polar surface area (TPSA) is 122 Å². The van der Waals surface area contributed by atoms with E-state index in [9.17, 15) is 14.4 Å². The summed E-state index contributed by atoms with van der Waals surface area (Å²) >= 11 is 0. The maximum Gasteiger partial charge on any atom is 0.224 e. The molecule has 0 bridgehead atoms. The molecule has 0 aliphatic carbocycles. The van der Waals surface area contributed by atoms with Crippen molar-refractivity contribution in [3.8, 4) is 0 Å². The molecular weight excluding hydrogens is 422 g/mol. The molecule has 0 radical (unpaired) electrons. The highest BCUT2D eigenvalue weighted by atomic mass is 16.2. The molecular formula is C23H27N7O3. The lowest BCUT2D eigenvalue weighted by molar-refractivity contribution is -0.127. The van der Waals surface area contributed by atoms with Gasteiger partial charge in [-0.1, -0.05) is 0 Å². The number of Topliss-reactive ketones (excluding diaryl/α,β-unsaturated/α-hetero) is 1. The predicted octanol–water partition coefficient (Wildman–Crippen LogP) is 2.32. The van der Waals surface area contributed by atoms with E-state index in [1.165, 1.54) is 6.92 Å². The molecule has 2 amide bonds. The molecule has 3 aromatic rings. The van der Waals surface area contributed by atoms with Crippen LogP contribution in [0.1, 0.15) is 48.8 Å². The number of aryl methyl sites for hydroxylation is 1. The quantitative estimate of drug-likeness (QED) is 0.360. The first-order valence-corrected chi connectivity index (χ1v) is 11.1. The molecule has 0 spiro atoms. The lowest BCUT2D eigenvalue weighted by Gasteiger charge is -2.15. The average molecular weight is 450 g/mol. The average Bonchev–Trinajstić information content (AvgIpc) is 3.41. The molecule has 1 aliphatic heterocycles. The number of hydrogen-bond acceptors (Lipinski definition) is 7. The molecule has 1 saturated heterocycles. The summed E-state index contributed by atoms with van der Waals surface area (Å²) in [7, 11) is 0. The van der Waals surface area contributed by atoms with Crippen LogP contribution in [0, 0.1) is 0 Å². The number of hydrogen-bond donors (Lipinski definition) is 2. The molecule has 4 rings (SSSR count). The van der Waals surface area contributed by atoms with E-state index >= 15 is 0 Å². The number of carbonyl (C=O) groups is 3. The summed E-state index contributed by atoms with van der Waals surface area (Å²) in [4.78, 5) is 37.3. The molecule has 0 saturated carbocycles. The number of likely N-dealkylation sites (tertiary alicyclic amines) is 1. The van der Waals surface area contributed by atoms with Gasteiger partial charge < -0.3 is 15.5 Å². The third-order valence-corrected chi connectivity index (χ3v) is 5.56. The van der Waals surface area contributed by atoms with Crippen molar-refractivity contribution < 1.29 is 14.4 Å². The number of ketones is 1. The molecule has 1 aliphatic rings. The maximum atomic E-state index is 12.3. The van der Waals surface area contributed by atoms with Gasteiger partial charge in [-0.15, -0.1) is 15.3 Å². The summed E-state index contributed by atoms with van der Waals surface area (Å²) in [5, 5.41) is 18.9. The fourth-order valence-electron chi connectivity index (χ4n) is 3.75. The fourth-order valence-corrected chi connectivity index (χ4v) is 3.75. The first-order chi connectivity index (χ1) is 16.0. The van der Waals surface area contributed by atoms with Crippen LogP contribution in [0.15, 0.2) is 36.4 Å². The van der Waals surface area contributed by atoms with Gasteiger partial charge >= 0.3 is 0 Å². The standard InChI is InChI=1S/C23H27N7O3/c1-16(31)17-5-7-18(8-6-17)25-22(32)12-11-21-27-26-20-10-9-19(28-30(20)21)24-13-3-15-29-14-2-4-23(29)33/h5-10H,2-4,11-15H2,1H3,(H,24,28)(H,25,32). The SMILES string of the molecule is CC(=O)c1ccc(NC(=O)CCc2nnc3ccc(NCCCN4CCCC4=O)nn23)cc1. The first kappa shape index (κ1) is 22.4. The summed E-state index contributed by atoms with van der Waals surface area (Å²) in [5.74, 6) is 1.34. The lowest BCUT2D eigenvalue weighted by Crippen LogP contribution is -2.27. The van der Waals surface area contributed by atoms with Crippen LogP contribution in [-0.4, -0.2) is 61.9 Å². The van der Waals surface area contributed by atoms with Crippen molar-refractivity contribution in [1.29, 1.82) is 0 Å². The van der Waals surface area contributed by atoms with Gasteiger partial charge in [-0.05, 0) is 56.2 Å². The number of aromatic nitrogens is 4. The van der Waals surface area contributed by atoms with Crippen LogP contribution in [0.5, 0.6) is 0 Å². The van der Waals surface area contributed by atoms with Crippen LogP contribution in [0.25, 0.3) is 5.65 Å². The van der Waals surface area contributed by atoms with E-state index in [0.29, 0.717) is 47.9 Å². The summed E-state index contributed by atoms with van der Waals surface area (Å²) in [6.45, 7) is 3.80. The maximum absolute atomic E-state index is 12.3. The van der Waals surface area contributed by atoms with Gasteiger partial charge in [0, 0.05) is 50.1 Å². The molecule has 172 valence electrons. The smallest absolute Gasteiger partial charge is 0.224 e. The minimum atomic E-state index is -0.159. The van der Waals surface area contributed by atoms with Gasteiger partial charge in [0.25, 0.3) is 0 Å². The van der Waals surface area contributed by atoms with Gasteiger partial charge in [-0.3, -0.25) is 14.4 Å². The Morgan fingerprint density at radius 2 is 1.91 bits per heavy atom. The van der Waals surface area contributed by atoms with Gasteiger partial charge in [0.2, 0.25) is 11.8 Å². The van der Waals surface area contributed by atoms with Crippen LogP contribution in [0.4, 0.5) is 11.5 Å². The second-order valence-electron chi connectivity index (χ2n) is 8.05. The van der Waals surface area contributed by atoms with Crippen molar-refractivity contribution in [3.63, 3.8) is 0 Å². The van der Waals surface area contributed by atoms with Crippen molar-refractivity contribution in [3.05, 3.63) is 47.8 Å².